The maximum atomic E-state index is 13.7. The molecule has 0 heterocycles. The van der Waals surface area contributed by atoms with Gasteiger partial charge >= 0.3 is 0 Å². The number of halogens is 3. The predicted octanol–water partition coefficient (Wildman–Crippen LogP) is 2.35. The largest absolute Gasteiger partial charge is 0.354 e. The minimum Gasteiger partial charge on any atom is -0.354 e. The summed E-state index contributed by atoms with van der Waals surface area (Å²) in [4.78, 5) is 0. The monoisotopic (exact) mass is 295 g/mol. The molecule has 0 bridgehead atoms. The lowest BCUT2D eigenvalue weighted by atomic mass is 10.1. The molecule has 0 aromatic heterocycles. The Bertz CT molecular complexity index is 372. The SMILES string of the molecule is COC(OC)C(N)c1c(F)ccc(Br)c1F. The normalized spacial score (nSPS) is 13.2. The second-order valence-corrected chi connectivity index (χ2v) is 3.98. The molecule has 0 aliphatic carbocycles. The van der Waals surface area contributed by atoms with Crippen LogP contribution in [0.4, 0.5) is 8.78 Å². The summed E-state index contributed by atoms with van der Waals surface area (Å²) in [7, 11) is 2.70. The van der Waals surface area contributed by atoms with Gasteiger partial charge in [-0.3, -0.25) is 0 Å². The molecule has 0 radical (unpaired) electrons. The van der Waals surface area contributed by atoms with Crippen LogP contribution in [0.5, 0.6) is 0 Å². The first-order chi connectivity index (χ1) is 7.52. The third-order valence-corrected chi connectivity index (χ3v) is 2.78. The highest BCUT2D eigenvalue weighted by molar-refractivity contribution is 9.10. The number of ether oxygens (including phenoxy) is 2. The summed E-state index contributed by atoms with van der Waals surface area (Å²) in [5, 5.41) is 0. The Morgan fingerprint density at radius 2 is 1.81 bits per heavy atom. The van der Waals surface area contributed by atoms with E-state index in [0.717, 1.165) is 6.07 Å². The van der Waals surface area contributed by atoms with Crippen LogP contribution in [0.15, 0.2) is 16.6 Å². The fourth-order valence-corrected chi connectivity index (χ4v) is 1.72. The van der Waals surface area contributed by atoms with Crippen LogP contribution in [-0.2, 0) is 9.47 Å². The predicted molar refractivity (Wildman–Crippen MR) is 58.8 cm³/mol. The van der Waals surface area contributed by atoms with Crippen molar-refractivity contribution in [3.63, 3.8) is 0 Å². The van der Waals surface area contributed by atoms with Gasteiger partial charge in [0.1, 0.15) is 11.6 Å². The summed E-state index contributed by atoms with van der Waals surface area (Å²) in [6, 6.07) is 1.37. The first-order valence-corrected chi connectivity index (χ1v) is 5.26. The lowest BCUT2D eigenvalue weighted by Gasteiger charge is -2.22. The van der Waals surface area contributed by atoms with Gasteiger partial charge in [0.05, 0.1) is 10.5 Å². The Labute approximate surface area is 101 Å². The van der Waals surface area contributed by atoms with Crippen molar-refractivity contribution in [3.8, 4) is 0 Å². The van der Waals surface area contributed by atoms with E-state index in [0.29, 0.717) is 0 Å². The Morgan fingerprint density at radius 1 is 1.25 bits per heavy atom. The summed E-state index contributed by atoms with van der Waals surface area (Å²) in [5.41, 5.74) is 5.42. The molecule has 6 heteroatoms. The highest BCUT2D eigenvalue weighted by atomic mass is 79.9. The fraction of sp³-hybridized carbons (Fsp3) is 0.400. The van der Waals surface area contributed by atoms with E-state index in [4.69, 9.17) is 15.2 Å². The lowest BCUT2D eigenvalue weighted by molar-refractivity contribution is -0.118. The van der Waals surface area contributed by atoms with Gasteiger partial charge in [0, 0.05) is 19.8 Å². The zero-order chi connectivity index (χ0) is 12.3. The summed E-state index contributed by atoms with van der Waals surface area (Å²) >= 11 is 2.96. The van der Waals surface area contributed by atoms with Gasteiger partial charge in [0.15, 0.2) is 6.29 Å². The van der Waals surface area contributed by atoms with E-state index in [2.05, 4.69) is 15.9 Å². The molecule has 0 aliphatic heterocycles. The Kier molecular flexibility index (Phi) is 4.79. The third-order valence-electron chi connectivity index (χ3n) is 2.17. The van der Waals surface area contributed by atoms with Crippen LogP contribution in [-0.4, -0.2) is 20.5 Å². The van der Waals surface area contributed by atoms with E-state index < -0.39 is 24.0 Å². The third kappa shape index (κ3) is 2.57. The van der Waals surface area contributed by atoms with Crippen LogP contribution in [0.3, 0.4) is 0 Å². The van der Waals surface area contributed by atoms with Crippen molar-refractivity contribution in [2.45, 2.75) is 12.3 Å². The highest BCUT2D eigenvalue weighted by Gasteiger charge is 2.26. The number of methoxy groups -OCH3 is 2. The molecule has 1 aromatic carbocycles. The van der Waals surface area contributed by atoms with E-state index in [1.807, 2.05) is 0 Å². The van der Waals surface area contributed by atoms with Crippen LogP contribution in [0, 0.1) is 11.6 Å². The van der Waals surface area contributed by atoms with Crippen LogP contribution < -0.4 is 5.73 Å². The molecule has 1 aromatic rings. The van der Waals surface area contributed by atoms with Gasteiger partial charge in [-0.05, 0) is 28.1 Å². The number of hydrogen-bond donors (Lipinski definition) is 1. The molecular weight excluding hydrogens is 284 g/mol. The number of hydrogen-bond acceptors (Lipinski definition) is 3. The minimum atomic E-state index is -1.03. The Hall–Kier alpha value is -0.560. The second kappa shape index (κ2) is 5.67. The Balaban J connectivity index is 3.16. The summed E-state index contributed by atoms with van der Waals surface area (Å²) in [5.74, 6) is -1.47. The van der Waals surface area contributed by atoms with E-state index in [9.17, 15) is 8.78 Å². The molecule has 0 aliphatic rings. The molecule has 0 amide bonds. The zero-order valence-corrected chi connectivity index (χ0v) is 10.4. The van der Waals surface area contributed by atoms with Crippen molar-refractivity contribution in [2.75, 3.05) is 14.2 Å². The first kappa shape index (κ1) is 13.5. The molecule has 1 atom stereocenters. The van der Waals surface area contributed by atoms with Crippen LogP contribution in [0.2, 0.25) is 0 Å². The second-order valence-electron chi connectivity index (χ2n) is 3.12. The molecule has 2 N–H and O–H groups in total. The van der Waals surface area contributed by atoms with Crippen molar-refractivity contribution in [1.29, 1.82) is 0 Å². The minimum absolute atomic E-state index is 0.144. The molecule has 0 spiro atoms. The standard InChI is InChI=1S/C10H12BrF2NO2/c1-15-10(16-2)9(14)7-6(12)4-3-5(11)8(7)13/h3-4,9-10H,14H2,1-2H3. The maximum Gasteiger partial charge on any atom is 0.176 e. The molecule has 3 nitrogen and oxygen atoms in total. The van der Waals surface area contributed by atoms with E-state index in [1.54, 1.807) is 0 Å². The molecule has 16 heavy (non-hydrogen) atoms. The van der Waals surface area contributed by atoms with Crippen molar-refractivity contribution < 1.29 is 18.3 Å². The van der Waals surface area contributed by atoms with Gasteiger partial charge in [-0.2, -0.15) is 0 Å². The average Bonchev–Trinajstić information content (AvgIpc) is 2.26. The molecule has 0 saturated carbocycles. The van der Waals surface area contributed by atoms with E-state index >= 15 is 0 Å². The molecule has 0 saturated heterocycles. The van der Waals surface area contributed by atoms with Crippen molar-refractivity contribution >= 4 is 15.9 Å². The number of rotatable bonds is 4. The summed E-state index contributed by atoms with van der Waals surface area (Å²) < 4.78 is 37.0. The van der Waals surface area contributed by atoms with Crippen molar-refractivity contribution in [2.24, 2.45) is 5.73 Å². The first-order valence-electron chi connectivity index (χ1n) is 4.47. The van der Waals surface area contributed by atoms with Gasteiger partial charge in [-0.1, -0.05) is 0 Å². The molecule has 90 valence electrons. The fourth-order valence-electron chi connectivity index (χ4n) is 1.37. The Morgan fingerprint density at radius 3 is 2.31 bits per heavy atom. The maximum absolute atomic E-state index is 13.7. The summed E-state index contributed by atoms with van der Waals surface area (Å²) in [6.07, 6.45) is -0.904. The quantitative estimate of drug-likeness (QED) is 0.685. The van der Waals surface area contributed by atoms with E-state index in [-0.39, 0.29) is 10.0 Å². The highest BCUT2D eigenvalue weighted by Crippen LogP contribution is 2.28. The van der Waals surface area contributed by atoms with Gasteiger partial charge in [-0.25, -0.2) is 8.78 Å². The van der Waals surface area contributed by atoms with Crippen molar-refractivity contribution in [1.82, 2.24) is 0 Å². The van der Waals surface area contributed by atoms with Crippen LogP contribution >= 0.6 is 15.9 Å². The van der Waals surface area contributed by atoms with Gasteiger partial charge in [-0.15, -0.1) is 0 Å². The zero-order valence-electron chi connectivity index (χ0n) is 8.84. The van der Waals surface area contributed by atoms with E-state index in [1.165, 1.54) is 20.3 Å². The number of nitrogens with two attached hydrogens (primary N) is 1. The number of benzene rings is 1. The molecular formula is C10H12BrF2NO2. The molecule has 0 fully saturated rings. The molecule has 1 unspecified atom stereocenters. The lowest BCUT2D eigenvalue weighted by Crippen LogP contribution is -2.31. The van der Waals surface area contributed by atoms with Crippen LogP contribution in [0.25, 0.3) is 0 Å². The van der Waals surface area contributed by atoms with Gasteiger partial charge in [0.25, 0.3) is 0 Å². The smallest absolute Gasteiger partial charge is 0.176 e. The van der Waals surface area contributed by atoms with Crippen molar-refractivity contribution in [3.05, 3.63) is 33.8 Å². The van der Waals surface area contributed by atoms with Crippen LogP contribution in [0.1, 0.15) is 11.6 Å². The van der Waals surface area contributed by atoms with Gasteiger partial charge in [0.2, 0.25) is 0 Å². The summed E-state index contributed by atoms with van der Waals surface area (Å²) in [6.45, 7) is 0. The molecule has 1 rings (SSSR count). The van der Waals surface area contributed by atoms with Gasteiger partial charge < -0.3 is 15.2 Å². The topological polar surface area (TPSA) is 44.5 Å². The average molecular weight is 296 g/mol.